The predicted octanol–water partition coefficient (Wildman–Crippen LogP) is 0.245. The van der Waals surface area contributed by atoms with Crippen LogP contribution in [0.15, 0.2) is 24.8 Å². The van der Waals surface area contributed by atoms with Crippen LogP contribution >= 0.6 is 0 Å². The second kappa shape index (κ2) is 6.76. The van der Waals surface area contributed by atoms with Crippen molar-refractivity contribution < 1.29 is 9.18 Å². The van der Waals surface area contributed by atoms with E-state index in [0.29, 0.717) is 5.69 Å². The summed E-state index contributed by atoms with van der Waals surface area (Å²) < 4.78 is 14.5. The summed E-state index contributed by atoms with van der Waals surface area (Å²) in [6, 6.07) is 0. The van der Waals surface area contributed by atoms with Crippen molar-refractivity contribution in [2.24, 2.45) is 0 Å². The average molecular weight is 371 g/mol. The number of piperazine rings is 1. The van der Waals surface area contributed by atoms with Crippen molar-refractivity contribution in [1.82, 2.24) is 29.7 Å². The fourth-order valence-corrected chi connectivity index (χ4v) is 3.04. The summed E-state index contributed by atoms with van der Waals surface area (Å²) in [5.41, 5.74) is 7.40. The molecule has 0 saturated carbocycles. The molecule has 3 aromatic rings. The molecule has 1 aliphatic rings. The van der Waals surface area contributed by atoms with Gasteiger partial charge in [0, 0.05) is 26.2 Å². The molecule has 140 valence electrons. The van der Waals surface area contributed by atoms with E-state index in [4.69, 9.17) is 5.73 Å². The Bertz CT molecular complexity index is 997. The van der Waals surface area contributed by atoms with Gasteiger partial charge in [0.05, 0.1) is 36.2 Å². The lowest BCUT2D eigenvalue weighted by Gasteiger charge is -2.34. The van der Waals surface area contributed by atoms with Gasteiger partial charge in [-0.2, -0.15) is 10.2 Å². The molecule has 27 heavy (non-hydrogen) atoms. The molecule has 0 unspecified atom stereocenters. The smallest absolute Gasteiger partial charge is 0.263 e. The number of nitrogens with two attached hydrogens (primary N) is 1. The summed E-state index contributed by atoms with van der Waals surface area (Å²) in [7, 11) is 2.06. The van der Waals surface area contributed by atoms with E-state index in [0.717, 1.165) is 48.8 Å². The van der Waals surface area contributed by atoms with E-state index in [1.54, 1.807) is 6.20 Å². The number of halogens is 1. The zero-order valence-corrected chi connectivity index (χ0v) is 14.6. The van der Waals surface area contributed by atoms with E-state index in [-0.39, 0.29) is 17.0 Å². The summed E-state index contributed by atoms with van der Waals surface area (Å²) >= 11 is 0. The largest absolute Gasteiger partial charge is 0.381 e. The highest BCUT2D eigenvalue weighted by atomic mass is 19.1. The molecular formula is C16H18FN9O. The number of fused-ring (bicyclic) bond motifs is 1. The Balaban J connectivity index is 1.64. The molecule has 0 spiro atoms. The summed E-state index contributed by atoms with van der Waals surface area (Å²) in [6.45, 7) is 3.44. The number of nitrogens with zero attached hydrogens (tertiary/aromatic N) is 7. The first kappa shape index (κ1) is 17.1. The lowest BCUT2D eigenvalue weighted by molar-refractivity contribution is 0.102. The van der Waals surface area contributed by atoms with Crippen LogP contribution in [-0.2, 0) is 0 Å². The van der Waals surface area contributed by atoms with E-state index in [1.807, 2.05) is 0 Å². The zero-order valence-electron chi connectivity index (χ0n) is 14.6. The molecule has 4 rings (SSSR count). The Hall–Kier alpha value is -3.34. The SMILES string of the molecule is CN1CCN(c2cnncc2NC(=O)c2c(N)nn3cc(F)cnc23)CC1. The number of amides is 1. The van der Waals surface area contributed by atoms with Gasteiger partial charge >= 0.3 is 0 Å². The molecule has 1 amide bonds. The Morgan fingerprint density at radius 3 is 2.70 bits per heavy atom. The molecule has 0 atom stereocenters. The van der Waals surface area contributed by atoms with Gasteiger partial charge in [0.2, 0.25) is 0 Å². The number of anilines is 3. The minimum atomic E-state index is -0.576. The number of aromatic nitrogens is 5. The van der Waals surface area contributed by atoms with Gasteiger partial charge in [-0.15, -0.1) is 5.10 Å². The summed E-state index contributed by atoms with van der Waals surface area (Å²) in [5.74, 6) is -1.11. The van der Waals surface area contributed by atoms with E-state index in [2.05, 4.69) is 42.4 Å². The van der Waals surface area contributed by atoms with Gasteiger partial charge in [0.15, 0.2) is 17.3 Å². The number of likely N-dealkylation sites (N-methyl/N-ethyl adjacent to an activating group) is 1. The van der Waals surface area contributed by atoms with Crippen LogP contribution in [-0.4, -0.2) is 68.8 Å². The van der Waals surface area contributed by atoms with Crippen LogP contribution in [0, 0.1) is 5.82 Å². The maximum absolute atomic E-state index is 13.3. The number of hydrogen-bond acceptors (Lipinski definition) is 8. The van der Waals surface area contributed by atoms with Crippen molar-refractivity contribution in [3.05, 3.63) is 36.2 Å². The lowest BCUT2D eigenvalue weighted by Crippen LogP contribution is -2.44. The van der Waals surface area contributed by atoms with Crippen molar-refractivity contribution >= 4 is 28.7 Å². The molecule has 1 aliphatic heterocycles. The van der Waals surface area contributed by atoms with Crippen LogP contribution in [0.25, 0.3) is 5.65 Å². The first-order chi connectivity index (χ1) is 13.0. The van der Waals surface area contributed by atoms with Gasteiger partial charge in [0.25, 0.3) is 5.91 Å². The van der Waals surface area contributed by atoms with Crippen LogP contribution in [0.4, 0.5) is 21.6 Å². The number of nitrogen functional groups attached to an aromatic ring is 1. The third-order valence-electron chi connectivity index (χ3n) is 4.50. The van der Waals surface area contributed by atoms with Crippen LogP contribution in [0.2, 0.25) is 0 Å². The van der Waals surface area contributed by atoms with E-state index in [1.165, 1.54) is 6.20 Å². The highest BCUT2D eigenvalue weighted by molar-refractivity contribution is 6.12. The highest BCUT2D eigenvalue weighted by Crippen LogP contribution is 2.26. The zero-order chi connectivity index (χ0) is 19.0. The third kappa shape index (κ3) is 3.24. The summed E-state index contributed by atoms with van der Waals surface area (Å²) in [4.78, 5) is 21.1. The van der Waals surface area contributed by atoms with Gasteiger partial charge in [-0.05, 0) is 7.05 Å². The number of carbonyl (C=O) groups excluding carboxylic acids is 1. The minimum absolute atomic E-state index is 0.0336. The second-order valence-corrected chi connectivity index (χ2v) is 6.33. The molecule has 10 nitrogen and oxygen atoms in total. The Kier molecular flexibility index (Phi) is 4.28. The van der Waals surface area contributed by atoms with Crippen LogP contribution < -0.4 is 16.0 Å². The molecule has 3 aromatic heterocycles. The van der Waals surface area contributed by atoms with Gasteiger partial charge in [0.1, 0.15) is 5.56 Å². The Morgan fingerprint density at radius 1 is 1.19 bits per heavy atom. The van der Waals surface area contributed by atoms with Crippen molar-refractivity contribution in [3.63, 3.8) is 0 Å². The van der Waals surface area contributed by atoms with Crippen LogP contribution in [0.1, 0.15) is 10.4 Å². The Morgan fingerprint density at radius 2 is 1.93 bits per heavy atom. The maximum atomic E-state index is 13.3. The van der Waals surface area contributed by atoms with Crippen LogP contribution in [0.3, 0.4) is 0 Å². The van der Waals surface area contributed by atoms with Crippen molar-refractivity contribution in [3.8, 4) is 0 Å². The van der Waals surface area contributed by atoms with Gasteiger partial charge < -0.3 is 20.9 Å². The third-order valence-corrected chi connectivity index (χ3v) is 4.50. The first-order valence-electron chi connectivity index (χ1n) is 8.38. The molecule has 0 aromatic carbocycles. The number of carbonyl (C=O) groups is 1. The number of hydrogen-bond donors (Lipinski definition) is 2. The number of nitrogens with one attached hydrogen (secondary N) is 1. The normalized spacial score (nSPS) is 15.3. The van der Waals surface area contributed by atoms with E-state index in [9.17, 15) is 9.18 Å². The summed E-state index contributed by atoms with van der Waals surface area (Å²) in [6.07, 6.45) is 5.23. The molecule has 4 heterocycles. The molecule has 0 aliphatic carbocycles. The molecule has 1 fully saturated rings. The van der Waals surface area contributed by atoms with E-state index >= 15 is 0 Å². The molecule has 0 bridgehead atoms. The summed E-state index contributed by atoms with van der Waals surface area (Å²) in [5, 5.41) is 14.6. The number of rotatable bonds is 3. The van der Waals surface area contributed by atoms with Crippen molar-refractivity contribution in [2.45, 2.75) is 0 Å². The Labute approximate surface area is 153 Å². The molecular weight excluding hydrogens is 353 g/mol. The topological polar surface area (TPSA) is 118 Å². The molecule has 3 N–H and O–H groups in total. The molecule has 11 heteroatoms. The van der Waals surface area contributed by atoms with Crippen molar-refractivity contribution in [2.75, 3.05) is 49.2 Å². The van der Waals surface area contributed by atoms with Gasteiger partial charge in [-0.25, -0.2) is 13.9 Å². The van der Waals surface area contributed by atoms with E-state index < -0.39 is 11.7 Å². The lowest BCUT2D eigenvalue weighted by atomic mass is 10.2. The van der Waals surface area contributed by atoms with Gasteiger partial charge in [-0.1, -0.05) is 0 Å². The average Bonchev–Trinajstić information content (AvgIpc) is 2.98. The fraction of sp³-hybridized carbons (Fsp3) is 0.312. The molecule has 0 radical (unpaired) electrons. The maximum Gasteiger partial charge on any atom is 0.263 e. The predicted molar refractivity (Wildman–Crippen MR) is 97.1 cm³/mol. The fourth-order valence-electron chi connectivity index (χ4n) is 3.04. The second-order valence-electron chi connectivity index (χ2n) is 6.33. The molecule has 1 saturated heterocycles. The quantitative estimate of drug-likeness (QED) is 0.673. The first-order valence-corrected chi connectivity index (χ1v) is 8.38. The monoisotopic (exact) mass is 371 g/mol. The van der Waals surface area contributed by atoms with Crippen LogP contribution in [0.5, 0.6) is 0 Å². The van der Waals surface area contributed by atoms with Crippen molar-refractivity contribution in [1.29, 1.82) is 0 Å². The standard InChI is InChI=1S/C16H18FN9O/c1-24-2-4-25(5-3-24)12-8-21-20-7-11(12)22-16(27)13-14(18)23-26-9-10(17)6-19-15(13)26/h6-9H,2-5H2,1H3,(H2,18,23)(H,21,22,27). The highest BCUT2D eigenvalue weighted by Gasteiger charge is 2.23. The minimum Gasteiger partial charge on any atom is -0.381 e. The van der Waals surface area contributed by atoms with Gasteiger partial charge in [-0.3, -0.25) is 4.79 Å².